The van der Waals surface area contributed by atoms with Gasteiger partial charge in [-0.05, 0) is 12.5 Å². The third-order valence-electron chi connectivity index (χ3n) is 3.47. The molecule has 0 aromatic heterocycles. The Labute approximate surface area is 163 Å². The van der Waals surface area contributed by atoms with Crippen LogP contribution in [0.15, 0.2) is 12.1 Å². The van der Waals surface area contributed by atoms with Gasteiger partial charge in [-0.15, -0.1) is 5.46 Å². The number of rotatable bonds is 3. The second kappa shape index (κ2) is 7.47. The van der Waals surface area contributed by atoms with Crippen molar-refractivity contribution in [1.29, 1.82) is 0 Å². The summed E-state index contributed by atoms with van der Waals surface area (Å²) in [5, 5.41) is 12.2. The molecule has 2 rings (SSSR count). The molecule has 0 amide bonds. The monoisotopic (exact) mass is 326 g/mol. The second-order valence-corrected chi connectivity index (χ2v) is 4.83. The maximum Gasteiger partial charge on any atom is 1.00 e. The fraction of sp³-hybridized carbons (Fsp3) is 0.417. The van der Waals surface area contributed by atoms with E-state index in [9.17, 15) is 17.7 Å². The van der Waals surface area contributed by atoms with Gasteiger partial charge in [0.05, 0.1) is 5.56 Å². The van der Waals surface area contributed by atoms with Crippen molar-refractivity contribution in [2.24, 2.45) is 0 Å². The van der Waals surface area contributed by atoms with Crippen LogP contribution in [0.2, 0.25) is 0 Å². The number of hydrogen-bond donors (Lipinski definition) is 2. The molecule has 0 bridgehead atoms. The van der Waals surface area contributed by atoms with Crippen LogP contribution in [0, 0.1) is 6.92 Å². The van der Waals surface area contributed by atoms with Crippen LogP contribution in [0.1, 0.15) is 15.9 Å². The van der Waals surface area contributed by atoms with E-state index in [0.29, 0.717) is 37.4 Å². The van der Waals surface area contributed by atoms with E-state index in [1.165, 1.54) is 0 Å². The summed E-state index contributed by atoms with van der Waals surface area (Å²) in [4.78, 5) is 12.9. The second-order valence-electron chi connectivity index (χ2n) is 4.83. The molecule has 0 unspecified atom stereocenters. The minimum atomic E-state index is -5.22. The number of benzene rings is 1. The zero-order chi connectivity index (χ0) is 14.9. The van der Waals surface area contributed by atoms with Crippen LogP contribution in [0.5, 0.6) is 0 Å². The molecule has 1 aliphatic heterocycles. The maximum absolute atomic E-state index is 12.9. The molecule has 9 heteroatoms. The number of nitrogens with zero attached hydrogens (tertiary/aromatic N) is 1. The molecule has 1 saturated heterocycles. The van der Waals surface area contributed by atoms with Crippen molar-refractivity contribution in [2.45, 2.75) is 6.92 Å². The zero-order valence-electron chi connectivity index (χ0n) is 12.0. The minimum Gasteiger partial charge on any atom is -0.478 e. The molecule has 0 radical (unpaired) electrons. The molecular weight excluding hydrogens is 311 g/mol. The Morgan fingerprint density at radius 3 is 2.33 bits per heavy atom. The van der Waals surface area contributed by atoms with Crippen LogP contribution in [0.4, 0.5) is 18.6 Å². The Hall–Kier alpha value is -0.0587. The number of halogens is 3. The Kier molecular flexibility index (Phi) is 6.76. The molecule has 110 valence electrons. The van der Waals surface area contributed by atoms with Gasteiger partial charge < -0.3 is 28.3 Å². The predicted octanol–water partition coefficient (Wildman–Crippen LogP) is -1.84. The van der Waals surface area contributed by atoms with E-state index in [1.54, 1.807) is 11.8 Å². The molecule has 2 N–H and O–H groups in total. The number of aromatic carboxylic acids is 1. The van der Waals surface area contributed by atoms with Crippen molar-refractivity contribution in [2.75, 3.05) is 31.1 Å². The van der Waals surface area contributed by atoms with Gasteiger partial charge in [0.2, 0.25) is 0 Å². The molecule has 1 aromatic rings. The SMILES string of the molecule is Cc1c(C(=O)O)cc([B-](F)(F)F)cc1N1CCNCC1.[K+]. The molecule has 1 heterocycles. The van der Waals surface area contributed by atoms with Gasteiger partial charge in [-0.2, -0.15) is 0 Å². The van der Waals surface area contributed by atoms with Crippen molar-refractivity contribution in [3.8, 4) is 0 Å². The van der Waals surface area contributed by atoms with Crippen molar-refractivity contribution >= 4 is 24.1 Å². The van der Waals surface area contributed by atoms with Crippen molar-refractivity contribution in [3.05, 3.63) is 23.3 Å². The molecule has 4 nitrogen and oxygen atoms in total. The van der Waals surface area contributed by atoms with Crippen molar-refractivity contribution < 1.29 is 74.2 Å². The summed E-state index contributed by atoms with van der Waals surface area (Å²) in [6.07, 6.45) is 0. The fourth-order valence-electron chi connectivity index (χ4n) is 2.37. The molecule has 1 aromatic carbocycles. The van der Waals surface area contributed by atoms with E-state index >= 15 is 0 Å². The largest absolute Gasteiger partial charge is 1.00 e. The predicted molar refractivity (Wildman–Crippen MR) is 71.9 cm³/mol. The summed E-state index contributed by atoms with van der Waals surface area (Å²) in [7, 11) is 0. The van der Waals surface area contributed by atoms with Crippen LogP contribution < -0.4 is 67.1 Å². The zero-order valence-corrected chi connectivity index (χ0v) is 15.1. The van der Waals surface area contributed by atoms with Crippen LogP contribution in [-0.2, 0) is 0 Å². The molecule has 0 saturated carbocycles. The molecule has 0 aliphatic carbocycles. The summed E-state index contributed by atoms with van der Waals surface area (Å²) < 4.78 is 38.8. The van der Waals surface area contributed by atoms with Crippen LogP contribution in [-0.4, -0.2) is 44.2 Å². The van der Waals surface area contributed by atoms with Crippen LogP contribution >= 0.6 is 0 Å². The standard InChI is InChI=1S/C12H15BF3N2O2.K/c1-8-10(12(19)20)6-9(13(14,15)16)7-11(8)18-4-2-17-3-5-18;/h6-7,17H,2-5H2,1H3,(H,19,20);/q-1;+1. The molecule has 1 fully saturated rings. The summed E-state index contributed by atoms with van der Waals surface area (Å²) in [6.45, 7) is -1.20. The summed E-state index contributed by atoms with van der Waals surface area (Å²) in [6, 6.07) is 1.79. The van der Waals surface area contributed by atoms with Gasteiger partial charge in [-0.1, -0.05) is 12.1 Å². The van der Waals surface area contributed by atoms with E-state index in [1.807, 2.05) is 0 Å². The first-order valence-electron chi connectivity index (χ1n) is 6.34. The number of nitrogens with one attached hydrogen (secondary N) is 1. The third kappa shape index (κ3) is 4.46. The summed E-state index contributed by atoms with van der Waals surface area (Å²) >= 11 is 0. The van der Waals surface area contributed by atoms with E-state index in [0.717, 1.165) is 12.1 Å². The van der Waals surface area contributed by atoms with Gasteiger partial charge in [0.25, 0.3) is 0 Å². The normalized spacial score (nSPS) is 15.5. The third-order valence-corrected chi connectivity index (χ3v) is 3.47. The average molecular weight is 326 g/mol. The fourth-order valence-corrected chi connectivity index (χ4v) is 2.37. The number of carboxylic acids is 1. The smallest absolute Gasteiger partial charge is 0.478 e. The van der Waals surface area contributed by atoms with Crippen LogP contribution in [0.3, 0.4) is 0 Å². The van der Waals surface area contributed by atoms with E-state index < -0.39 is 18.4 Å². The van der Waals surface area contributed by atoms with E-state index in [-0.39, 0.29) is 56.9 Å². The first-order valence-corrected chi connectivity index (χ1v) is 6.34. The van der Waals surface area contributed by atoms with Gasteiger partial charge in [-0.3, -0.25) is 0 Å². The Morgan fingerprint density at radius 1 is 1.29 bits per heavy atom. The summed E-state index contributed by atoms with van der Waals surface area (Å²) in [5.41, 5.74) is -0.402. The number of carbonyl (C=O) groups is 1. The first-order chi connectivity index (χ1) is 9.30. The summed E-state index contributed by atoms with van der Waals surface area (Å²) in [5.74, 6) is -1.33. The van der Waals surface area contributed by atoms with Gasteiger partial charge in [-0.25, -0.2) is 4.79 Å². The van der Waals surface area contributed by atoms with Crippen LogP contribution in [0.25, 0.3) is 0 Å². The molecule has 21 heavy (non-hydrogen) atoms. The quantitative estimate of drug-likeness (QED) is 0.641. The molecule has 0 spiro atoms. The van der Waals surface area contributed by atoms with Gasteiger partial charge in [0.15, 0.2) is 0 Å². The van der Waals surface area contributed by atoms with Gasteiger partial charge >= 0.3 is 64.3 Å². The topological polar surface area (TPSA) is 52.6 Å². The van der Waals surface area contributed by atoms with E-state index in [4.69, 9.17) is 5.11 Å². The van der Waals surface area contributed by atoms with Gasteiger partial charge in [0.1, 0.15) is 0 Å². The van der Waals surface area contributed by atoms with Gasteiger partial charge in [0, 0.05) is 31.9 Å². The molecule has 0 atom stereocenters. The Balaban J connectivity index is 0.00000220. The number of anilines is 1. The molecule has 1 aliphatic rings. The van der Waals surface area contributed by atoms with Crippen molar-refractivity contribution in [1.82, 2.24) is 5.32 Å². The Bertz CT molecular complexity index is 534. The first kappa shape index (κ1) is 19.0. The average Bonchev–Trinajstić information content (AvgIpc) is 2.38. The number of piperazine rings is 1. The minimum absolute atomic E-state index is 0. The maximum atomic E-state index is 12.9. The number of carboxylic acid groups (broad SMARTS) is 1. The van der Waals surface area contributed by atoms with Crippen molar-refractivity contribution in [3.63, 3.8) is 0 Å². The Morgan fingerprint density at radius 2 is 1.86 bits per heavy atom. The molecular formula is C12H15BF3KN2O2. The van der Waals surface area contributed by atoms with E-state index in [2.05, 4.69) is 5.32 Å². The number of hydrogen-bond acceptors (Lipinski definition) is 3.